The third-order valence-electron chi connectivity index (χ3n) is 5.82. The van der Waals surface area contributed by atoms with Crippen LogP contribution in [0.1, 0.15) is 30.4 Å². The molecule has 0 saturated carbocycles. The number of alkyl carbamates (subject to hydrolysis) is 1. The molecule has 0 aliphatic heterocycles. The molecule has 32 heavy (non-hydrogen) atoms. The maximum absolute atomic E-state index is 12.6. The first-order valence-corrected chi connectivity index (χ1v) is 10.5. The third-order valence-corrected chi connectivity index (χ3v) is 5.82. The average molecular weight is 440 g/mol. The van der Waals surface area contributed by atoms with Crippen LogP contribution in [0.2, 0.25) is 0 Å². The summed E-state index contributed by atoms with van der Waals surface area (Å²) in [7, 11) is 2.74. The molecule has 8 heteroatoms. The van der Waals surface area contributed by atoms with Crippen molar-refractivity contribution in [3.05, 3.63) is 59.7 Å². The smallest absolute Gasteiger partial charge is 0.407 e. The second-order valence-corrected chi connectivity index (χ2v) is 7.64. The highest BCUT2D eigenvalue weighted by Gasteiger charge is 2.31. The number of ether oxygens (including phenoxy) is 2. The normalized spacial score (nSPS) is 14.1. The van der Waals surface area contributed by atoms with Gasteiger partial charge in [-0.3, -0.25) is 4.79 Å². The highest BCUT2D eigenvalue weighted by atomic mass is 16.5. The van der Waals surface area contributed by atoms with Gasteiger partial charge in [-0.25, -0.2) is 9.59 Å². The lowest BCUT2D eigenvalue weighted by molar-refractivity contribution is -0.153. The largest absolute Gasteiger partial charge is 0.480 e. The number of hydrogen-bond acceptors (Lipinski definition) is 5. The Morgan fingerprint density at radius 2 is 1.62 bits per heavy atom. The summed E-state index contributed by atoms with van der Waals surface area (Å²) in [5.41, 5.74) is 4.47. The molecule has 3 rings (SSSR count). The first-order valence-electron chi connectivity index (χ1n) is 10.5. The van der Waals surface area contributed by atoms with E-state index in [1.165, 1.54) is 14.2 Å². The molecule has 2 amide bonds. The van der Waals surface area contributed by atoms with E-state index in [9.17, 15) is 19.5 Å². The van der Waals surface area contributed by atoms with Gasteiger partial charge in [0.05, 0.1) is 6.54 Å². The zero-order chi connectivity index (χ0) is 23.3. The van der Waals surface area contributed by atoms with Gasteiger partial charge in [-0.05, 0) is 28.7 Å². The van der Waals surface area contributed by atoms with E-state index in [0.717, 1.165) is 27.2 Å². The Balaban J connectivity index is 1.58. The summed E-state index contributed by atoms with van der Waals surface area (Å²) in [5.74, 6) is -1.69. The van der Waals surface area contributed by atoms with Crippen LogP contribution < -0.4 is 5.32 Å². The van der Waals surface area contributed by atoms with Gasteiger partial charge in [0.25, 0.3) is 5.91 Å². The predicted molar refractivity (Wildman–Crippen MR) is 118 cm³/mol. The molecule has 2 N–H and O–H groups in total. The molecule has 2 aromatic rings. The van der Waals surface area contributed by atoms with Crippen LogP contribution in [-0.2, 0) is 19.1 Å². The lowest BCUT2D eigenvalue weighted by Crippen LogP contribution is -2.50. The van der Waals surface area contributed by atoms with Crippen molar-refractivity contribution in [1.82, 2.24) is 10.2 Å². The minimum atomic E-state index is -1.09. The first kappa shape index (κ1) is 23.3. The molecule has 170 valence electrons. The van der Waals surface area contributed by atoms with Gasteiger partial charge >= 0.3 is 12.1 Å². The van der Waals surface area contributed by atoms with Gasteiger partial charge in [-0.15, -0.1) is 0 Å². The van der Waals surface area contributed by atoms with Gasteiger partial charge in [0.1, 0.15) is 12.6 Å². The number of rotatable bonds is 9. The maximum atomic E-state index is 12.6. The van der Waals surface area contributed by atoms with Gasteiger partial charge in [0, 0.05) is 20.1 Å². The molecular weight excluding hydrogens is 412 g/mol. The fourth-order valence-electron chi connectivity index (χ4n) is 4.09. The Hall–Kier alpha value is -3.39. The number of benzene rings is 2. The summed E-state index contributed by atoms with van der Waals surface area (Å²) < 4.78 is 10.6. The number of carboxylic acid groups (broad SMARTS) is 1. The number of methoxy groups -OCH3 is 1. The monoisotopic (exact) mass is 440 g/mol. The highest BCUT2D eigenvalue weighted by Crippen LogP contribution is 2.44. The van der Waals surface area contributed by atoms with Crippen molar-refractivity contribution in [3.63, 3.8) is 0 Å². The van der Waals surface area contributed by atoms with Gasteiger partial charge < -0.3 is 24.8 Å². The fourth-order valence-corrected chi connectivity index (χ4v) is 4.09. The van der Waals surface area contributed by atoms with Crippen LogP contribution in [0.4, 0.5) is 4.79 Å². The van der Waals surface area contributed by atoms with Crippen LogP contribution in [0.25, 0.3) is 11.1 Å². The molecule has 2 unspecified atom stereocenters. The number of amides is 2. The van der Waals surface area contributed by atoms with E-state index in [1.807, 2.05) is 36.4 Å². The third kappa shape index (κ3) is 4.75. The van der Waals surface area contributed by atoms with Crippen molar-refractivity contribution >= 4 is 18.0 Å². The molecule has 2 atom stereocenters. The van der Waals surface area contributed by atoms with Crippen molar-refractivity contribution in [2.24, 2.45) is 0 Å². The Labute approximate surface area is 187 Å². The van der Waals surface area contributed by atoms with E-state index >= 15 is 0 Å². The molecule has 0 heterocycles. The minimum absolute atomic E-state index is 0.0694. The van der Waals surface area contributed by atoms with Crippen molar-refractivity contribution in [1.29, 1.82) is 0 Å². The number of hydrogen-bond donors (Lipinski definition) is 2. The molecule has 0 bridgehead atoms. The van der Waals surface area contributed by atoms with Crippen LogP contribution >= 0.6 is 0 Å². The SMILES string of the molecule is CCC(C(=O)O)N(C)C(=O)C(CNC(=O)OCC1c2ccccc2-c2ccccc21)OC. The highest BCUT2D eigenvalue weighted by molar-refractivity contribution is 5.86. The van der Waals surface area contributed by atoms with E-state index in [2.05, 4.69) is 17.4 Å². The second-order valence-electron chi connectivity index (χ2n) is 7.64. The van der Waals surface area contributed by atoms with Crippen molar-refractivity contribution in [3.8, 4) is 11.1 Å². The van der Waals surface area contributed by atoms with E-state index in [1.54, 1.807) is 6.92 Å². The van der Waals surface area contributed by atoms with E-state index < -0.39 is 30.1 Å². The fraction of sp³-hybridized carbons (Fsp3) is 0.375. The van der Waals surface area contributed by atoms with E-state index in [0.29, 0.717) is 0 Å². The topological polar surface area (TPSA) is 105 Å². The lowest BCUT2D eigenvalue weighted by atomic mass is 9.98. The second kappa shape index (κ2) is 10.3. The number of aliphatic carboxylic acids is 1. The Morgan fingerprint density at radius 1 is 1.06 bits per heavy atom. The van der Waals surface area contributed by atoms with Crippen molar-refractivity contribution in [2.45, 2.75) is 31.4 Å². The number of likely N-dealkylation sites (N-methyl/N-ethyl adjacent to an activating group) is 1. The van der Waals surface area contributed by atoms with Crippen molar-refractivity contribution < 1.29 is 29.0 Å². The quantitative estimate of drug-likeness (QED) is 0.621. The summed E-state index contributed by atoms with van der Waals surface area (Å²) in [4.78, 5) is 37.3. The average Bonchev–Trinajstić information content (AvgIpc) is 3.11. The molecule has 0 radical (unpaired) electrons. The van der Waals surface area contributed by atoms with E-state index in [4.69, 9.17) is 9.47 Å². The van der Waals surface area contributed by atoms with Crippen LogP contribution in [0.15, 0.2) is 48.5 Å². The van der Waals surface area contributed by atoms with Crippen LogP contribution in [0, 0.1) is 0 Å². The van der Waals surface area contributed by atoms with E-state index in [-0.39, 0.29) is 25.5 Å². The standard InChI is InChI=1S/C24H28N2O6/c1-4-20(23(28)29)26(2)22(27)21(31-3)13-25-24(30)32-14-19-17-11-7-5-9-15(17)16-10-6-8-12-18(16)19/h5-12,19-21H,4,13-14H2,1-3H3,(H,25,30)(H,28,29). The van der Waals surface area contributed by atoms with Gasteiger partial charge in [-0.2, -0.15) is 0 Å². The maximum Gasteiger partial charge on any atom is 0.407 e. The van der Waals surface area contributed by atoms with Gasteiger partial charge in [0.2, 0.25) is 0 Å². The number of carbonyl (C=O) groups is 3. The molecule has 0 aromatic heterocycles. The molecule has 0 saturated heterocycles. The number of carbonyl (C=O) groups excluding carboxylic acids is 2. The Kier molecular flexibility index (Phi) is 7.48. The number of nitrogens with one attached hydrogen (secondary N) is 1. The molecule has 8 nitrogen and oxygen atoms in total. The minimum Gasteiger partial charge on any atom is -0.480 e. The van der Waals surface area contributed by atoms with Crippen LogP contribution in [-0.4, -0.2) is 67.4 Å². The molecule has 2 aromatic carbocycles. The summed E-state index contributed by atoms with van der Waals surface area (Å²) in [6.45, 7) is 1.70. The summed E-state index contributed by atoms with van der Waals surface area (Å²) in [6.07, 6.45) is -1.43. The zero-order valence-electron chi connectivity index (χ0n) is 18.4. The number of carboxylic acids is 1. The first-order chi connectivity index (χ1) is 15.4. The molecular formula is C24H28N2O6. The summed E-state index contributed by atoms with van der Waals surface area (Å²) in [5, 5.41) is 11.8. The molecule has 1 aliphatic carbocycles. The number of fused-ring (bicyclic) bond motifs is 3. The van der Waals surface area contributed by atoms with Gasteiger partial charge in [-0.1, -0.05) is 55.5 Å². The molecule has 0 fully saturated rings. The van der Waals surface area contributed by atoms with Crippen LogP contribution in [0.3, 0.4) is 0 Å². The predicted octanol–water partition coefficient (Wildman–Crippen LogP) is 2.86. The lowest BCUT2D eigenvalue weighted by Gasteiger charge is -2.27. The molecule has 1 aliphatic rings. The zero-order valence-corrected chi connectivity index (χ0v) is 18.4. The molecule has 0 spiro atoms. The Morgan fingerprint density at radius 3 is 2.12 bits per heavy atom. The van der Waals surface area contributed by atoms with Crippen LogP contribution in [0.5, 0.6) is 0 Å². The Bertz CT molecular complexity index is 946. The van der Waals surface area contributed by atoms with Crippen molar-refractivity contribution in [2.75, 3.05) is 27.3 Å². The summed E-state index contributed by atoms with van der Waals surface area (Å²) >= 11 is 0. The number of nitrogens with zero attached hydrogens (tertiary/aromatic N) is 1. The van der Waals surface area contributed by atoms with Gasteiger partial charge in [0.15, 0.2) is 6.10 Å². The summed E-state index contributed by atoms with van der Waals surface area (Å²) in [6, 6.07) is 15.1.